The van der Waals surface area contributed by atoms with Gasteiger partial charge in [-0.2, -0.15) is 0 Å². The Balaban J connectivity index is 1.92. The predicted molar refractivity (Wildman–Crippen MR) is 99.4 cm³/mol. The maximum absolute atomic E-state index is 12.5. The summed E-state index contributed by atoms with van der Waals surface area (Å²) < 4.78 is 0. The average Bonchev–Trinajstić information content (AvgIpc) is 2.59. The number of hydrogen-bond donors (Lipinski definition) is 0. The normalized spacial score (nSPS) is 27.5. The van der Waals surface area contributed by atoms with Crippen LogP contribution >= 0.6 is 0 Å². The van der Waals surface area contributed by atoms with Crippen LogP contribution < -0.4 is 0 Å². The van der Waals surface area contributed by atoms with Crippen molar-refractivity contribution in [2.45, 2.75) is 58.8 Å². The van der Waals surface area contributed by atoms with Gasteiger partial charge in [-0.3, -0.25) is 4.79 Å². The number of aryl methyl sites for hydroxylation is 1. The Kier molecular flexibility index (Phi) is 3.61. The maximum atomic E-state index is 12.5. The Labute approximate surface area is 149 Å². The SMILES string of the molecule is Cc1nc(-c2ccccc2)c2c(n1)[C@@]1(C)CCC(=O)C(C)(C)[C@@H]1CC2. The van der Waals surface area contributed by atoms with E-state index in [9.17, 15) is 4.79 Å². The monoisotopic (exact) mass is 334 g/mol. The van der Waals surface area contributed by atoms with Gasteiger partial charge in [0.05, 0.1) is 11.4 Å². The number of nitrogens with zero attached hydrogens (tertiary/aromatic N) is 2. The molecular weight excluding hydrogens is 308 g/mol. The molecule has 0 unspecified atom stereocenters. The van der Waals surface area contributed by atoms with Gasteiger partial charge < -0.3 is 0 Å². The van der Waals surface area contributed by atoms with Crippen LogP contribution in [0.3, 0.4) is 0 Å². The molecule has 130 valence electrons. The minimum absolute atomic E-state index is 0.0395. The zero-order valence-corrected chi connectivity index (χ0v) is 15.6. The number of carbonyl (C=O) groups is 1. The molecule has 0 radical (unpaired) electrons. The van der Waals surface area contributed by atoms with Crippen molar-refractivity contribution < 1.29 is 4.79 Å². The van der Waals surface area contributed by atoms with E-state index >= 15 is 0 Å². The molecule has 3 heteroatoms. The number of fused-ring (bicyclic) bond motifs is 3. The Bertz CT molecular complexity index is 841. The van der Waals surface area contributed by atoms with E-state index in [4.69, 9.17) is 9.97 Å². The Morgan fingerprint density at radius 1 is 1.04 bits per heavy atom. The molecular formula is C22H26N2O. The number of carbonyl (C=O) groups excluding carboxylic acids is 1. The summed E-state index contributed by atoms with van der Waals surface area (Å²) in [4.78, 5) is 22.3. The number of aromatic nitrogens is 2. The van der Waals surface area contributed by atoms with Gasteiger partial charge in [0.15, 0.2) is 0 Å². The van der Waals surface area contributed by atoms with Crippen molar-refractivity contribution in [1.82, 2.24) is 9.97 Å². The molecule has 2 aliphatic carbocycles. The Morgan fingerprint density at radius 2 is 1.76 bits per heavy atom. The molecule has 2 atom stereocenters. The molecule has 0 aliphatic heterocycles. The number of Topliss-reactive ketones (excluding diaryl/α,β-unsaturated/α-hetero) is 1. The van der Waals surface area contributed by atoms with Gasteiger partial charge in [0.1, 0.15) is 11.6 Å². The summed E-state index contributed by atoms with van der Waals surface area (Å²) in [6.07, 6.45) is 3.55. The van der Waals surface area contributed by atoms with E-state index in [1.807, 2.05) is 13.0 Å². The van der Waals surface area contributed by atoms with Gasteiger partial charge in [-0.1, -0.05) is 51.1 Å². The molecule has 2 aliphatic rings. The second-order valence-corrected chi connectivity index (χ2v) is 8.47. The second-order valence-electron chi connectivity index (χ2n) is 8.47. The van der Waals surface area contributed by atoms with Crippen molar-refractivity contribution in [2.75, 3.05) is 0 Å². The van der Waals surface area contributed by atoms with Crippen molar-refractivity contribution in [3.63, 3.8) is 0 Å². The lowest BCUT2D eigenvalue weighted by atomic mass is 9.51. The van der Waals surface area contributed by atoms with Crippen molar-refractivity contribution >= 4 is 5.78 Å². The van der Waals surface area contributed by atoms with Crippen LogP contribution in [-0.4, -0.2) is 15.8 Å². The quantitative estimate of drug-likeness (QED) is 0.761. The molecule has 1 aromatic heterocycles. The number of rotatable bonds is 1. The summed E-state index contributed by atoms with van der Waals surface area (Å²) in [5, 5.41) is 0. The summed E-state index contributed by atoms with van der Waals surface area (Å²) in [6, 6.07) is 10.4. The molecule has 1 aromatic carbocycles. The Morgan fingerprint density at radius 3 is 2.48 bits per heavy atom. The molecule has 0 saturated heterocycles. The third-order valence-electron chi connectivity index (χ3n) is 6.62. The van der Waals surface area contributed by atoms with Crippen LogP contribution in [0.2, 0.25) is 0 Å². The lowest BCUT2D eigenvalue weighted by Gasteiger charge is -2.52. The third-order valence-corrected chi connectivity index (χ3v) is 6.62. The highest BCUT2D eigenvalue weighted by atomic mass is 16.1. The van der Waals surface area contributed by atoms with Crippen LogP contribution in [0.5, 0.6) is 0 Å². The molecule has 0 bridgehead atoms. The molecule has 0 amide bonds. The molecule has 4 rings (SSSR count). The fourth-order valence-corrected chi connectivity index (χ4v) is 5.25. The first-order valence-corrected chi connectivity index (χ1v) is 9.31. The highest BCUT2D eigenvalue weighted by Crippen LogP contribution is 2.55. The van der Waals surface area contributed by atoms with Crippen molar-refractivity contribution in [3.05, 3.63) is 47.4 Å². The molecule has 3 nitrogen and oxygen atoms in total. The van der Waals surface area contributed by atoms with Crippen LogP contribution in [-0.2, 0) is 16.6 Å². The topological polar surface area (TPSA) is 42.9 Å². The zero-order chi connectivity index (χ0) is 17.8. The van der Waals surface area contributed by atoms with Gasteiger partial charge in [0.25, 0.3) is 0 Å². The van der Waals surface area contributed by atoms with Crippen molar-refractivity contribution in [1.29, 1.82) is 0 Å². The van der Waals surface area contributed by atoms with E-state index in [1.54, 1.807) is 0 Å². The van der Waals surface area contributed by atoms with Crippen LogP contribution in [0.1, 0.15) is 57.1 Å². The summed E-state index contributed by atoms with van der Waals surface area (Å²) in [7, 11) is 0. The minimum atomic E-state index is -0.267. The molecule has 1 heterocycles. The van der Waals surface area contributed by atoms with Crippen LogP contribution in [0.25, 0.3) is 11.3 Å². The van der Waals surface area contributed by atoms with E-state index in [1.165, 1.54) is 11.3 Å². The first-order valence-electron chi connectivity index (χ1n) is 9.31. The number of hydrogen-bond acceptors (Lipinski definition) is 3. The van der Waals surface area contributed by atoms with Crippen LogP contribution in [0, 0.1) is 18.3 Å². The highest BCUT2D eigenvalue weighted by Gasteiger charge is 2.54. The number of benzene rings is 1. The van der Waals surface area contributed by atoms with Crippen molar-refractivity contribution in [2.24, 2.45) is 11.3 Å². The second kappa shape index (κ2) is 5.48. The van der Waals surface area contributed by atoms with E-state index in [2.05, 4.69) is 45.0 Å². The van der Waals surface area contributed by atoms with E-state index in [0.29, 0.717) is 18.1 Å². The maximum Gasteiger partial charge on any atom is 0.138 e. The van der Waals surface area contributed by atoms with Gasteiger partial charge in [0, 0.05) is 28.4 Å². The Hall–Kier alpha value is -2.03. The first-order chi connectivity index (χ1) is 11.8. The molecule has 25 heavy (non-hydrogen) atoms. The van der Waals surface area contributed by atoms with Gasteiger partial charge in [-0.15, -0.1) is 0 Å². The molecule has 0 N–H and O–H groups in total. The smallest absolute Gasteiger partial charge is 0.138 e. The number of ketones is 1. The lowest BCUT2D eigenvalue weighted by Crippen LogP contribution is -2.52. The molecule has 1 saturated carbocycles. The van der Waals surface area contributed by atoms with Gasteiger partial charge in [0.2, 0.25) is 0 Å². The van der Waals surface area contributed by atoms with Gasteiger partial charge >= 0.3 is 0 Å². The fourth-order valence-electron chi connectivity index (χ4n) is 5.25. The van der Waals surface area contributed by atoms with Crippen LogP contribution in [0.15, 0.2) is 30.3 Å². The van der Waals surface area contributed by atoms with E-state index < -0.39 is 0 Å². The largest absolute Gasteiger partial charge is 0.299 e. The van der Waals surface area contributed by atoms with Crippen LogP contribution in [0.4, 0.5) is 0 Å². The van der Waals surface area contributed by atoms with Gasteiger partial charge in [-0.05, 0) is 32.1 Å². The molecule has 2 aromatic rings. The predicted octanol–water partition coefficient (Wildman–Crippen LogP) is 4.66. The summed E-state index contributed by atoms with van der Waals surface area (Å²) >= 11 is 0. The standard InChI is InChI=1S/C22H26N2O/c1-14-23-19(15-8-6-5-7-9-15)16-10-11-17-21(2,3)18(25)12-13-22(17,4)20(16)24-14/h5-9,17H,10-13H2,1-4H3/t17-,22-/m0/s1. The van der Waals surface area contributed by atoms with Crippen molar-refractivity contribution in [3.8, 4) is 11.3 Å². The zero-order valence-electron chi connectivity index (χ0n) is 15.6. The third kappa shape index (κ3) is 2.36. The average molecular weight is 334 g/mol. The molecule has 0 spiro atoms. The summed E-state index contributed by atoms with van der Waals surface area (Å²) in [5.41, 5.74) is 4.42. The van der Waals surface area contributed by atoms with E-state index in [-0.39, 0.29) is 10.8 Å². The highest BCUT2D eigenvalue weighted by molar-refractivity contribution is 5.86. The van der Waals surface area contributed by atoms with E-state index in [0.717, 1.165) is 36.3 Å². The summed E-state index contributed by atoms with van der Waals surface area (Å²) in [5.74, 6) is 1.59. The minimum Gasteiger partial charge on any atom is -0.299 e. The fraction of sp³-hybridized carbons (Fsp3) is 0.500. The first kappa shape index (κ1) is 16.4. The summed E-state index contributed by atoms with van der Waals surface area (Å²) in [6.45, 7) is 8.58. The lowest BCUT2D eigenvalue weighted by molar-refractivity contribution is -0.137. The molecule has 1 fully saturated rings. The van der Waals surface area contributed by atoms with Gasteiger partial charge in [-0.25, -0.2) is 9.97 Å².